The summed E-state index contributed by atoms with van der Waals surface area (Å²) in [5.74, 6) is 1.60. The summed E-state index contributed by atoms with van der Waals surface area (Å²) in [6, 6.07) is 3.67. The van der Waals surface area contributed by atoms with Crippen molar-refractivity contribution in [1.29, 1.82) is 0 Å². The average Bonchev–Trinajstić information content (AvgIpc) is 3.64. The molecule has 4 N–H and O–H groups in total. The normalized spacial score (nSPS) is 21.2. The van der Waals surface area contributed by atoms with Gasteiger partial charge in [0.05, 0.1) is 35.2 Å². The molecule has 1 saturated heterocycles. The first-order valence-corrected chi connectivity index (χ1v) is 12.6. The Balaban J connectivity index is 1.37. The van der Waals surface area contributed by atoms with Crippen molar-refractivity contribution in [3.8, 4) is 11.8 Å². The van der Waals surface area contributed by atoms with Crippen LogP contribution in [0.5, 0.6) is 11.8 Å². The number of nitrogens with one attached hydrogen (secondary N) is 2. The zero-order valence-electron chi connectivity index (χ0n) is 20.9. The van der Waals surface area contributed by atoms with E-state index in [1.807, 2.05) is 6.20 Å². The van der Waals surface area contributed by atoms with E-state index in [4.69, 9.17) is 15.5 Å². The van der Waals surface area contributed by atoms with Crippen molar-refractivity contribution >= 4 is 39.1 Å². The van der Waals surface area contributed by atoms with Crippen molar-refractivity contribution in [1.82, 2.24) is 29.5 Å². The minimum Gasteiger partial charge on any atom is -0.421 e. The molecule has 37 heavy (non-hydrogen) atoms. The van der Waals surface area contributed by atoms with Crippen LogP contribution in [0, 0.1) is 11.7 Å². The van der Waals surface area contributed by atoms with Crippen LogP contribution in [0.15, 0.2) is 30.7 Å². The second kappa shape index (κ2) is 8.01. The fourth-order valence-corrected chi connectivity index (χ4v) is 5.97. The summed E-state index contributed by atoms with van der Waals surface area (Å²) in [5, 5.41) is 9.01. The molecule has 0 radical (unpaired) electrons. The Kier molecular flexibility index (Phi) is 4.81. The van der Waals surface area contributed by atoms with E-state index in [-0.39, 0.29) is 23.9 Å². The molecule has 10 nitrogen and oxygen atoms in total. The number of anilines is 2. The number of piperidine rings is 1. The molecule has 5 aromatic rings. The quantitative estimate of drug-likeness (QED) is 0.328. The maximum atomic E-state index is 14.6. The lowest BCUT2D eigenvalue weighted by Gasteiger charge is -2.31. The van der Waals surface area contributed by atoms with Crippen LogP contribution < -0.4 is 20.7 Å². The second-order valence-corrected chi connectivity index (χ2v) is 10.4. The third kappa shape index (κ3) is 3.41. The molecule has 7 rings (SSSR count). The van der Waals surface area contributed by atoms with Gasteiger partial charge in [0, 0.05) is 36.6 Å². The summed E-state index contributed by atoms with van der Waals surface area (Å²) in [4.78, 5) is 19.8. The van der Waals surface area contributed by atoms with E-state index in [1.165, 1.54) is 12.1 Å². The summed E-state index contributed by atoms with van der Waals surface area (Å²) in [6.07, 6.45) is 7.19. The van der Waals surface area contributed by atoms with E-state index < -0.39 is 0 Å². The zero-order valence-corrected chi connectivity index (χ0v) is 20.9. The van der Waals surface area contributed by atoms with E-state index in [0.717, 1.165) is 52.7 Å². The van der Waals surface area contributed by atoms with E-state index in [2.05, 4.69) is 44.1 Å². The maximum Gasteiger partial charge on any atom is 0.326 e. The highest BCUT2D eigenvalue weighted by Gasteiger charge is 2.44. The van der Waals surface area contributed by atoms with Crippen molar-refractivity contribution in [3.05, 3.63) is 42.1 Å². The maximum absolute atomic E-state index is 14.6. The Labute approximate surface area is 212 Å². The zero-order chi connectivity index (χ0) is 25.4. The fourth-order valence-electron chi connectivity index (χ4n) is 5.97. The Morgan fingerprint density at radius 2 is 2.08 bits per heavy atom. The number of benzene rings is 1. The lowest BCUT2D eigenvalue weighted by molar-refractivity contribution is 0.435. The summed E-state index contributed by atoms with van der Waals surface area (Å²) in [7, 11) is 1.77. The molecular weight excluding hydrogens is 473 g/mol. The summed E-state index contributed by atoms with van der Waals surface area (Å²) < 4.78 is 22.4. The molecule has 3 atom stereocenters. The van der Waals surface area contributed by atoms with Crippen molar-refractivity contribution in [2.45, 2.75) is 44.7 Å². The van der Waals surface area contributed by atoms with Gasteiger partial charge in [0.25, 0.3) is 0 Å². The molecule has 190 valence electrons. The molecule has 2 fully saturated rings. The molecule has 1 aromatic carbocycles. The molecule has 2 bridgehead atoms. The molecule has 1 aliphatic heterocycles. The van der Waals surface area contributed by atoms with Crippen LogP contribution >= 0.6 is 0 Å². The number of aromatic nitrogens is 6. The van der Waals surface area contributed by atoms with Gasteiger partial charge in [0.15, 0.2) is 11.4 Å². The smallest absolute Gasteiger partial charge is 0.326 e. The Morgan fingerprint density at radius 3 is 2.81 bits per heavy atom. The Hall–Kier alpha value is -3.99. The summed E-state index contributed by atoms with van der Waals surface area (Å²) in [5.41, 5.74) is 10.2. The number of halogens is 1. The third-order valence-electron chi connectivity index (χ3n) is 7.81. The van der Waals surface area contributed by atoms with Gasteiger partial charge in [-0.25, -0.2) is 13.9 Å². The lowest BCUT2D eigenvalue weighted by atomic mass is 10.0. The van der Waals surface area contributed by atoms with Crippen LogP contribution in [0.3, 0.4) is 0 Å². The first-order chi connectivity index (χ1) is 17.9. The SMILES string of the molecule is CNc1cc(F)cc2c1[nH]c1nc(Oc3cnc4c(C(C)C)cnn4c3)nc(N3C[C@H]4C[C@@H]3C[C@H]4N)c12. The topological polar surface area (TPSA) is 122 Å². The molecular formula is C26H28FN9O. The first-order valence-electron chi connectivity index (χ1n) is 12.6. The van der Waals surface area contributed by atoms with Crippen molar-refractivity contribution < 1.29 is 9.13 Å². The standard InChI is InChI=1S/C26H28FN9O/c1-12(2)18-9-31-36-11-16(8-30-24(18)36)37-26-33-23-21(17-5-14(27)6-20(29-3)22(17)32-23)25(34-26)35-10-13-4-15(35)7-19(13)28/h5-6,8-9,11-13,15,19,29H,4,7,10,28H2,1-3H3,(H,32,33,34)/t13-,15-,19-/m1/s1. The predicted octanol–water partition coefficient (Wildman–Crippen LogP) is 4.18. The molecule has 2 aliphatic rings. The Bertz CT molecular complexity index is 1670. The number of fused-ring (bicyclic) bond motifs is 6. The second-order valence-electron chi connectivity index (χ2n) is 10.4. The molecule has 0 unspecified atom stereocenters. The van der Waals surface area contributed by atoms with Gasteiger partial charge < -0.3 is 25.7 Å². The van der Waals surface area contributed by atoms with E-state index in [0.29, 0.717) is 28.9 Å². The van der Waals surface area contributed by atoms with E-state index in [9.17, 15) is 4.39 Å². The highest BCUT2D eigenvalue weighted by molar-refractivity contribution is 6.14. The number of ether oxygens (including phenoxy) is 1. The number of hydrogen-bond donors (Lipinski definition) is 3. The van der Waals surface area contributed by atoms with Gasteiger partial charge in [-0.1, -0.05) is 13.8 Å². The largest absolute Gasteiger partial charge is 0.421 e. The van der Waals surface area contributed by atoms with Gasteiger partial charge in [0.1, 0.15) is 17.3 Å². The highest BCUT2D eigenvalue weighted by Crippen LogP contribution is 2.44. The molecule has 4 aromatic heterocycles. The van der Waals surface area contributed by atoms with Crippen molar-refractivity contribution in [2.75, 3.05) is 23.8 Å². The highest BCUT2D eigenvalue weighted by atomic mass is 19.1. The average molecular weight is 502 g/mol. The van der Waals surface area contributed by atoms with Crippen LogP contribution in [0.2, 0.25) is 0 Å². The van der Waals surface area contributed by atoms with Crippen LogP contribution in [-0.2, 0) is 0 Å². The molecule has 5 heterocycles. The molecule has 1 saturated carbocycles. The molecule has 0 spiro atoms. The number of nitrogens with zero attached hydrogens (tertiary/aromatic N) is 6. The van der Waals surface area contributed by atoms with Gasteiger partial charge in [0.2, 0.25) is 0 Å². The van der Waals surface area contributed by atoms with Crippen molar-refractivity contribution in [3.63, 3.8) is 0 Å². The van der Waals surface area contributed by atoms with Crippen LogP contribution in [0.1, 0.15) is 38.2 Å². The third-order valence-corrected chi connectivity index (χ3v) is 7.81. The van der Waals surface area contributed by atoms with Gasteiger partial charge in [-0.3, -0.25) is 0 Å². The van der Waals surface area contributed by atoms with Gasteiger partial charge in [-0.05, 0) is 36.8 Å². The number of aromatic amines is 1. The van der Waals surface area contributed by atoms with Crippen molar-refractivity contribution in [2.24, 2.45) is 11.7 Å². The summed E-state index contributed by atoms with van der Waals surface area (Å²) in [6.45, 7) is 5.02. The monoisotopic (exact) mass is 501 g/mol. The molecule has 11 heteroatoms. The number of nitrogens with two attached hydrogens (primary N) is 1. The van der Waals surface area contributed by atoms with Crippen LogP contribution in [0.25, 0.3) is 27.6 Å². The molecule has 0 amide bonds. The number of hydrogen-bond acceptors (Lipinski definition) is 8. The summed E-state index contributed by atoms with van der Waals surface area (Å²) >= 11 is 0. The minimum absolute atomic E-state index is 0.185. The number of rotatable bonds is 5. The van der Waals surface area contributed by atoms with Gasteiger partial charge in [-0.2, -0.15) is 15.1 Å². The predicted molar refractivity (Wildman–Crippen MR) is 140 cm³/mol. The number of H-pyrrole nitrogens is 1. The first kappa shape index (κ1) is 22.2. The van der Waals surface area contributed by atoms with E-state index >= 15 is 0 Å². The van der Waals surface area contributed by atoms with Crippen LogP contribution in [0.4, 0.5) is 15.9 Å². The van der Waals surface area contributed by atoms with E-state index in [1.54, 1.807) is 24.0 Å². The lowest BCUT2D eigenvalue weighted by Crippen LogP contribution is -2.41. The van der Waals surface area contributed by atoms with Gasteiger partial charge in [-0.15, -0.1) is 0 Å². The molecule has 1 aliphatic carbocycles. The van der Waals surface area contributed by atoms with Gasteiger partial charge >= 0.3 is 6.01 Å². The minimum atomic E-state index is -0.326. The Morgan fingerprint density at radius 1 is 1.22 bits per heavy atom. The van der Waals surface area contributed by atoms with Crippen LogP contribution in [-0.4, -0.2) is 55.2 Å². The fraction of sp³-hybridized carbons (Fsp3) is 0.385.